The summed E-state index contributed by atoms with van der Waals surface area (Å²) in [6, 6.07) is 16.0. The van der Waals surface area contributed by atoms with Crippen LogP contribution in [0.1, 0.15) is 12.5 Å². The Bertz CT molecular complexity index is 901. The summed E-state index contributed by atoms with van der Waals surface area (Å²) < 4.78 is 0.999. The van der Waals surface area contributed by atoms with Gasteiger partial charge in [0.25, 0.3) is 5.91 Å². The predicted molar refractivity (Wildman–Crippen MR) is 109 cm³/mol. The van der Waals surface area contributed by atoms with Crippen molar-refractivity contribution in [2.45, 2.75) is 13.3 Å². The van der Waals surface area contributed by atoms with Crippen molar-refractivity contribution in [3.63, 3.8) is 0 Å². The number of nitrogens with zero attached hydrogens (tertiary/aromatic N) is 2. The van der Waals surface area contributed by atoms with E-state index in [2.05, 4.69) is 21.2 Å². The number of nitriles is 1. The SMILES string of the molecule is CC(=O)N(C(=O)/C(C#N)=C\NCCc1ccccc1Br)c1ccc(N)cc1. The lowest BCUT2D eigenvalue weighted by Crippen LogP contribution is -2.36. The van der Waals surface area contributed by atoms with Crippen LogP contribution in [-0.4, -0.2) is 18.4 Å². The number of hydrogen-bond donors (Lipinski definition) is 2. The van der Waals surface area contributed by atoms with E-state index in [4.69, 9.17) is 5.73 Å². The quantitative estimate of drug-likeness (QED) is 0.319. The molecule has 2 amide bonds. The van der Waals surface area contributed by atoms with Crippen LogP contribution in [0.25, 0.3) is 0 Å². The zero-order valence-corrected chi connectivity index (χ0v) is 16.4. The van der Waals surface area contributed by atoms with E-state index in [1.54, 1.807) is 24.3 Å². The molecule has 0 fully saturated rings. The molecule has 0 heterocycles. The Balaban J connectivity index is 2.09. The first-order chi connectivity index (χ1) is 12.9. The monoisotopic (exact) mass is 426 g/mol. The molecule has 2 aromatic carbocycles. The number of anilines is 2. The highest BCUT2D eigenvalue weighted by Gasteiger charge is 2.23. The second-order valence-corrected chi connectivity index (χ2v) is 6.57. The maximum absolute atomic E-state index is 12.7. The number of hydrogen-bond acceptors (Lipinski definition) is 5. The molecular weight excluding hydrogens is 408 g/mol. The number of amides is 2. The van der Waals surface area contributed by atoms with E-state index in [1.807, 2.05) is 30.3 Å². The summed E-state index contributed by atoms with van der Waals surface area (Å²) in [5.41, 5.74) is 7.46. The van der Waals surface area contributed by atoms with Crippen LogP contribution in [0.2, 0.25) is 0 Å². The van der Waals surface area contributed by atoms with E-state index in [-0.39, 0.29) is 5.57 Å². The van der Waals surface area contributed by atoms with E-state index >= 15 is 0 Å². The highest BCUT2D eigenvalue weighted by Crippen LogP contribution is 2.19. The van der Waals surface area contributed by atoms with Crippen molar-refractivity contribution in [1.29, 1.82) is 5.26 Å². The van der Waals surface area contributed by atoms with Gasteiger partial charge in [0.2, 0.25) is 5.91 Å². The van der Waals surface area contributed by atoms with E-state index < -0.39 is 11.8 Å². The molecule has 2 rings (SSSR count). The number of nitrogens with one attached hydrogen (secondary N) is 1. The molecule has 0 aliphatic rings. The number of carbonyl (C=O) groups is 2. The van der Waals surface area contributed by atoms with Gasteiger partial charge in [-0.1, -0.05) is 34.1 Å². The minimum Gasteiger partial charge on any atom is -0.399 e. The fraction of sp³-hybridized carbons (Fsp3) is 0.150. The predicted octanol–water partition coefficient (Wildman–Crippen LogP) is 3.15. The summed E-state index contributed by atoms with van der Waals surface area (Å²) in [7, 11) is 0. The number of carbonyl (C=O) groups excluding carboxylic acids is 2. The molecule has 0 bridgehead atoms. The zero-order valence-electron chi connectivity index (χ0n) is 14.8. The number of benzene rings is 2. The summed E-state index contributed by atoms with van der Waals surface area (Å²) in [4.78, 5) is 25.6. The van der Waals surface area contributed by atoms with Gasteiger partial charge in [-0.25, -0.2) is 4.90 Å². The fourth-order valence-corrected chi connectivity index (χ4v) is 2.89. The summed E-state index contributed by atoms with van der Waals surface area (Å²) >= 11 is 3.48. The third-order valence-corrected chi connectivity index (χ3v) is 4.54. The van der Waals surface area contributed by atoms with Gasteiger partial charge < -0.3 is 11.1 Å². The van der Waals surface area contributed by atoms with Crippen LogP contribution in [-0.2, 0) is 16.0 Å². The maximum Gasteiger partial charge on any atom is 0.277 e. The van der Waals surface area contributed by atoms with Gasteiger partial charge in [-0.15, -0.1) is 0 Å². The van der Waals surface area contributed by atoms with Crippen molar-refractivity contribution in [1.82, 2.24) is 5.32 Å². The molecule has 0 saturated heterocycles. The lowest BCUT2D eigenvalue weighted by atomic mass is 10.1. The second-order valence-electron chi connectivity index (χ2n) is 5.72. The van der Waals surface area contributed by atoms with Gasteiger partial charge in [-0.2, -0.15) is 5.26 Å². The average molecular weight is 427 g/mol. The minimum absolute atomic E-state index is 0.158. The lowest BCUT2D eigenvalue weighted by molar-refractivity contribution is -0.123. The molecule has 0 aliphatic carbocycles. The number of nitrogens with two attached hydrogens (primary N) is 1. The van der Waals surface area contributed by atoms with Crippen molar-refractivity contribution in [2.75, 3.05) is 17.2 Å². The Morgan fingerprint density at radius 1 is 1.22 bits per heavy atom. The van der Waals surface area contributed by atoms with Crippen LogP contribution in [0.3, 0.4) is 0 Å². The van der Waals surface area contributed by atoms with E-state index in [0.717, 1.165) is 14.9 Å². The van der Waals surface area contributed by atoms with Crippen LogP contribution >= 0.6 is 15.9 Å². The highest BCUT2D eigenvalue weighted by atomic mass is 79.9. The van der Waals surface area contributed by atoms with Crippen LogP contribution in [0.15, 0.2) is 64.8 Å². The van der Waals surface area contributed by atoms with Crippen LogP contribution in [0, 0.1) is 11.3 Å². The molecule has 2 aromatic rings. The largest absolute Gasteiger partial charge is 0.399 e. The molecule has 0 aliphatic heterocycles. The topological polar surface area (TPSA) is 99.2 Å². The van der Waals surface area contributed by atoms with Gasteiger partial charge in [-0.3, -0.25) is 9.59 Å². The molecule has 27 heavy (non-hydrogen) atoms. The van der Waals surface area contributed by atoms with Gasteiger partial charge in [0.15, 0.2) is 0 Å². The molecule has 138 valence electrons. The Morgan fingerprint density at radius 3 is 2.48 bits per heavy atom. The normalized spacial score (nSPS) is 10.8. The van der Waals surface area contributed by atoms with Crippen molar-refractivity contribution in [2.24, 2.45) is 0 Å². The van der Waals surface area contributed by atoms with Gasteiger partial charge in [0.05, 0.1) is 5.69 Å². The lowest BCUT2D eigenvalue weighted by Gasteiger charge is -2.19. The van der Waals surface area contributed by atoms with Crippen LogP contribution in [0.4, 0.5) is 11.4 Å². The van der Waals surface area contributed by atoms with Crippen molar-refractivity contribution in [3.8, 4) is 6.07 Å². The molecule has 0 atom stereocenters. The summed E-state index contributed by atoms with van der Waals surface area (Å²) in [5.74, 6) is -1.18. The first-order valence-corrected chi connectivity index (χ1v) is 9.01. The standard InChI is InChI=1S/C20H19BrN4O2/c1-14(26)25(18-8-6-17(23)7-9-18)20(27)16(12-22)13-24-11-10-15-4-2-3-5-19(15)21/h2-9,13,24H,10-11,23H2,1H3/b16-13-. The Kier molecular flexibility index (Phi) is 7.15. The number of nitrogen functional groups attached to an aromatic ring is 1. The molecule has 0 unspecified atom stereocenters. The molecule has 0 radical (unpaired) electrons. The van der Waals surface area contributed by atoms with Crippen molar-refractivity contribution in [3.05, 3.63) is 70.3 Å². The average Bonchev–Trinajstić information content (AvgIpc) is 2.64. The van der Waals surface area contributed by atoms with Gasteiger partial charge in [0, 0.05) is 29.8 Å². The number of imide groups is 1. The van der Waals surface area contributed by atoms with Crippen molar-refractivity contribution >= 4 is 39.1 Å². The Hall–Kier alpha value is -3.11. The summed E-state index contributed by atoms with van der Waals surface area (Å²) in [6.07, 6.45) is 2.05. The highest BCUT2D eigenvalue weighted by molar-refractivity contribution is 9.10. The maximum atomic E-state index is 12.7. The first kappa shape index (κ1) is 20.2. The smallest absolute Gasteiger partial charge is 0.277 e. The Morgan fingerprint density at radius 2 is 1.89 bits per heavy atom. The number of halogens is 1. The first-order valence-electron chi connectivity index (χ1n) is 8.21. The fourth-order valence-electron chi connectivity index (χ4n) is 2.41. The second kappa shape index (κ2) is 9.55. The van der Waals surface area contributed by atoms with Crippen molar-refractivity contribution < 1.29 is 9.59 Å². The molecule has 7 heteroatoms. The molecule has 0 aromatic heterocycles. The molecule has 0 saturated carbocycles. The van der Waals surface area contributed by atoms with Gasteiger partial charge in [0.1, 0.15) is 11.6 Å². The third kappa shape index (κ3) is 5.43. The zero-order chi connectivity index (χ0) is 19.8. The van der Waals surface area contributed by atoms with Crippen LogP contribution < -0.4 is 16.0 Å². The summed E-state index contributed by atoms with van der Waals surface area (Å²) in [6.45, 7) is 1.80. The van der Waals surface area contributed by atoms with E-state index in [9.17, 15) is 14.9 Å². The Labute approximate surface area is 166 Å². The van der Waals surface area contributed by atoms with E-state index in [0.29, 0.717) is 24.3 Å². The molecule has 0 spiro atoms. The van der Waals surface area contributed by atoms with E-state index in [1.165, 1.54) is 13.1 Å². The molecule has 3 N–H and O–H groups in total. The van der Waals surface area contributed by atoms with Crippen LogP contribution in [0.5, 0.6) is 0 Å². The molecular formula is C20H19BrN4O2. The summed E-state index contributed by atoms with van der Waals surface area (Å²) in [5, 5.41) is 12.3. The minimum atomic E-state index is -0.692. The van der Waals surface area contributed by atoms with Gasteiger partial charge >= 0.3 is 0 Å². The van der Waals surface area contributed by atoms with Gasteiger partial charge in [-0.05, 0) is 42.3 Å². The molecule has 6 nitrogen and oxygen atoms in total. The third-order valence-electron chi connectivity index (χ3n) is 3.76. The number of rotatable bonds is 6.